The van der Waals surface area contributed by atoms with E-state index in [1.807, 2.05) is 30.3 Å². The molecule has 7 nitrogen and oxygen atoms in total. The summed E-state index contributed by atoms with van der Waals surface area (Å²) in [7, 11) is 0. The first-order chi connectivity index (χ1) is 18.0. The first kappa shape index (κ1) is 24.0. The topological polar surface area (TPSA) is 76.8 Å². The van der Waals surface area contributed by atoms with Gasteiger partial charge in [0.05, 0.1) is 35.8 Å². The third-order valence-electron chi connectivity index (χ3n) is 7.19. The van der Waals surface area contributed by atoms with Crippen molar-refractivity contribution >= 4 is 28.6 Å². The number of hydrogen-bond donors (Lipinski definition) is 1. The van der Waals surface area contributed by atoms with Gasteiger partial charge < -0.3 is 19.1 Å². The van der Waals surface area contributed by atoms with Crippen LogP contribution in [0.4, 0.5) is 0 Å². The number of ether oxygens (including phenoxy) is 2. The molecular formula is C29H28ClN3O4. The van der Waals surface area contributed by atoms with Crippen molar-refractivity contribution in [1.82, 2.24) is 14.5 Å². The highest BCUT2D eigenvalue weighted by Gasteiger charge is 2.25. The first-order valence-corrected chi connectivity index (χ1v) is 13.0. The number of fused-ring (bicyclic) bond motifs is 2. The maximum Gasteiger partial charge on any atom is 0.335 e. The average molecular weight is 518 g/mol. The minimum Gasteiger partial charge on any atom is -0.478 e. The summed E-state index contributed by atoms with van der Waals surface area (Å²) in [5.74, 6) is 1.60. The maximum absolute atomic E-state index is 11.6. The van der Waals surface area contributed by atoms with E-state index in [9.17, 15) is 9.90 Å². The Labute approximate surface area is 220 Å². The van der Waals surface area contributed by atoms with Crippen LogP contribution in [0.5, 0.6) is 11.5 Å². The summed E-state index contributed by atoms with van der Waals surface area (Å²) in [5.41, 5.74) is 4.40. The van der Waals surface area contributed by atoms with Crippen LogP contribution in [0, 0.1) is 0 Å². The SMILES string of the molecule is O=C(O)c1ccc2nc(CN3CCCc4cccc(Oc5ccc(Cl)cc5)c4C3)n(C[C@@H]3CCO3)c2c1. The van der Waals surface area contributed by atoms with Crippen molar-refractivity contribution in [3.8, 4) is 11.5 Å². The van der Waals surface area contributed by atoms with Crippen LogP contribution in [0.3, 0.4) is 0 Å². The summed E-state index contributed by atoms with van der Waals surface area (Å²) in [6.07, 6.45) is 3.15. The van der Waals surface area contributed by atoms with Gasteiger partial charge in [-0.15, -0.1) is 0 Å². The van der Waals surface area contributed by atoms with E-state index in [1.165, 1.54) is 11.1 Å². The molecular weight excluding hydrogens is 490 g/mol. The number of carbonyl (C=O) groups is 1. The molecule has 4 aromatic rings. The van der Waals surface area contributed by atoms with Crippen molar-refractivity contribution in [1.29, 1.82) is 0 Å². The summed E-state index contributed by atoms with van der Waals surface area (Å²) < 4.78 is 14.2. The van der Waals surface area contributed by atoms with Gasteiger partial charge in [-0.25, -0.2) is 9.78 Å². The lowest BCUT2D eigenvalue weighted by Gasteiger charge is -2.28. The van der Waals surface area contributed by atoms with Crippen LogP contribution in [-0.4, -0.2) is 44.8 Å². The fraction of sp³-hybridized carbons (Fsp3) is 0.310. The van der Waals surface area contributed by atoms with Gasteiger partial charge in [0.1, 0.15) is 17.3 Å². The lowest BCUT2D eigenvalue weighted by Crippen LogP contribution is -2.33. The Hall–Kier alpha value is -3.39. The van der Waals surface area contributed by atoms with Crippen molar-refractivity contribution in [2.75, 3.05) is 13.2 Å². The molecule has 2 aliphatic rings. The van der Waals surface area contributed by atoms with E-state index < -0.39 is 5.97 Å². The maximum atomic E-state index is 11.6. The number of hydrogen-bond acceptors (Lipinski definition) is 5. The van der Waals surface area contributed by atoms with E-state index in [-0.39, 0.29) is 11.7 Å². The molecule has 0 amide bonds. The van der Waals surface area contributed by atoms with Crippen molar-refractivity contribution in [2.45, 2.75) is 45.0 Å². The first-order valence-electron chi connectivity index (χ1n) is 12.6. The molecule has 1 atom stereocenters. The van der Waals surface area contributed by atoms with Crippen molar-refractivity contribution in [3.63, 3.8) is 0 Å². The molecule has 190 valence electrons. The second-order valence-corrected chi connectivity index (χ2v) is 10.1. The summed E-state index contributed by atoms with van der Waals surface area (Å²) in [6, 6.07) is 18.8. The third kappa shape index (κ3) is 5.07. The molecule has 2 aliphatic heterocycles. The molecule has 1 N–H and O–H groups in total. The fourth-order valence-corrected chi connectivity index (χ4v) is 5.27. The number of rotatable bonds is 7. The van der Waals surface area contributed by atoms with E-state index in [2.05, 4.69) is 21.6 Å². The van der Waals surface area contributed by atoms with Crippen LogP contribution in [0.1, 0.15) is 40.2 Å². The van der Waals surface area contributed by atoms with Gasteiger partial charge in [0.2, 0.25) is 0 Å². The smallest absolute Gasteiger partial charge is 0.335 e. The van der Waals surface area contributed by atoms with Crippen LogP contribution in [0.2, 0.25) is 5.02 Å². The lowest BCUT2D eigenvalue weighted by atomic mass is 10.0. The molecule has 0 bridgehead atoms. The number of nitrogens with zero attached hydrogens (tertiary/aromatic N) is 3. The summed E-state index contributed by atoms with van der Waals surface area (Å²) >= 11 is 6.05. The predicted molar refractivity (Wildman–Crippen MR) is 141 cm³/mol. The molecule has 1 aromatic heterocycles. The number of benzene rings is 3. The molecule has 3 aromatic carbocycles. The Morgan fingerprint density at radius 3 is 2.76 bits per heavy atom. The van der Waals surface area contributed by atoms with E-state index in [0.717, 1.165) is 67.3 Å². The van der Waals surface area contributed by atoms with E-state index in [4.69, 9.17) is 26.1 Å². The van der Waals surface area contributed by atoms with Gasteiger partial charge >= 0.3 is 5.97 Å². The number of aromatic carboxylic acids is 1. The molecule has 0 unspecified atom stereocenters. The highest BCUT2D eigenvalue weighted by molar-refractivity contribution is 6.30. The molecule has 1 fully saturated rings. The van der Waals surface area contributed by atoms with Gasteiger partial charge in [-0.2, -0.15) is 0 Å². The van der Waals surface area contributed by atoms with Gasteiger partial charge in [0, 0.05) is 23.7 Å². The van der Waals surface area contributed by atoms with Crippen LogP contribution in [-0.2, 0) is 30.8 Å². The lowest BCUT2D eigenvalue weighted by molar-refractivity contribution is -0.0592. The highest BCUT2D eigenvalue weighted by Crippen LogP contribution is 2.33. The largest absolute Gasteiger partial charge is 0.478 e. The predicted octanol–water partition coefficient (Wildman–Crippen LogP) is 5.92. The van der Waals surface area contributed by atoms with Crippen LogP contribution >= 0.6 is 11.6 Å². The number of imidazole rings is 1. The molecule has 1 saturated heterocycles. The van der Waals surface area contributed by atoms with Gasteiger partial charge in [0.25, 0.3) is 0 Å². The highest BCUT2D eigenvalue weighted by atomic mass is 35.5. The van der Waals surface area contributed by atoms with Crippen LogP contribution < -0.4 is 4.74 Å². The van der Waals surface area contributed by atoms with Crippen LogP contribution in [0.25, 0.3) is 11.0 Å². The third-order valence-corrected chi connectivity index (χ3v) is 7.44. The van der Waals surface area contributed by atoms with Crippen molar-refractivity contribution in [2.24, 2.45) is 0 Å². The van der Waals surface area contributed by atoms with E-state index >= 15 is 0 Å². The minimum atomic E-state index is -0.937. The van der Waals surface area contributed by atoms with Crippen molar-refractivity contribution in [3.05, 3.63) is 88.2 Å². The van der Waals surface area contributed by atoms with E-state index in [1.54, 1.807) is 18.2 Å². The molecule has 8 heteroatoms. The zero-order valence-electron chi connectivity index (χ0n) is 20.4. The molecule has 3 heterocycles. The molecule has 37 heavy (non-hydrogen) atoms. The Kier molecular flexibility index (Phi) is 6.59. The second-order valence-electron chi connectivity index (χ2n) is 9.69. The van der Waals surface area contributed by atoms with Gasteiger partial charge in [-0.05, 0) is 79.9 Å². The van der Waals surface area contributed by atoms with Gasteiger partial charge in [-0.1, -0.05) is 23.7 Å². The summed E-state index contributed by atoms with van der Waals surface area (Å²) in [6.45, 7) is 3.76. The minimum absolute atomic E-state index is 0.133. The molecule has 0 spiro atoms. The molecule has 6 rings (SSSR count). The molecule has 0 radical (unpaired) electrons. The standard InChI is InChI=1S/C29H28ClN3O4/c30-21-7-9-22(10-8-21)37-27-5-1-3-19-4-2-13-32(17-24(19)27)18-28-31-25-11-6-20(29(34)35)15-26(25)33(28)16-23-12-14-36-23/h1,3,5-11,15,23H,2,4,12-14,16-18H2,(H,34,35)/t23-/m0/s1. The Balaban J connectivity index is 1.30. The average Bonchev–Trinajstić information content (AvgIpc) is 3.05. The number of halogens is 1. The van der Waals surface area contributed by atoms with Crippen LogP contribution in [0.15, 0.2) is 60.7 Å². The quantitative estimate of drug-likeness (QED) is 0.328. The number of carboxylic acids is 1. The monoisotopic (exact) mass is 517 g/mol. The van der Waals surface area contributed by atoms with E-state index in [0.29, 0.717) is 18.1 Å². The normalized spacial score (nSPS) is 17.7. The zero-order valence-corrected chi connectivity index (χ0v) is 21.2. The fourth-order valence-electron chi connectivity index (χ4n) is 5.14. The number of aromatic nitrogens is 2. The van der Waals surface area contributed by atoms with Gasteiger partial charge in [0.15, 0.2) is 0 Å². The zero-order chi connectivity index (χ0) is 25.4. The summed E-state index contributed by atoms with van der Waals surface area (Å²) in [5, 5.41) is 10.2. The Morgan fingerprint density at radius 2 is 2.00 bits per heavy atom. The Morgan fingerprint density at radius 1 is 1.16 bits per heavy atom. The molecule has 0 saturated carbocycles. The second kappa shape index (κ2) is 10.2. The summed E-state index contributed by atoms with van der Waals surface area (Å²) in [4.78, 5) is 19.0. The number of aryl methyl sites for hydroxylation is 1. The Bertz CT molecular complexity index is 1450. The van der Waals surface area contributed by atoms with Gasteiger partial charge in [-0.3, -0.25) is 4.90 Å². The molecule has 0 aliphatic carbocycles. The van der Waals surface area contributed by atoms with Crippen molar-refractivity contribution < 1.29 is 19.4 Å². The number of carboxylic acid groups (broad SMARTS) is 1.